The lowest BCUT2D eigenvalue weighted by Gasteiger charge is -2.04. The van der Waals surface area contributed by atoms with Gasteiger partial charge in [-0.2, -0.15) is 0 Å². The number of carbonyl (C=O) groups is 1. The van der Waals surface area contributed by atoms with Crippen molar-refractivity contribution in [2.75, 3.05) is 0 Å². The number of benzene rings is 1. The van der Waals surface area contributed by atoms with Crippen molar-refractivity contribution in [3.8, 4) is 0 Å². The van der Waals surface area contributed by atoms with Gasteiger partial charge in [-0.3, -0.25) is 4.79 Å². The molecule has 0 bridgehead atoms. The van der Waals surface area contributed by atoms with Gasteiger partial charge in [0, 0.05) is 0 Å². The van der Waals surface area contributed by atoms with Crippen molar-refractivity contribution in [3.63, 3.8) is 0 Å². The maximum atomic E-state index is 10.4. The SMILES string of the molecule is [15NH2][C@@H](C(=O)O)c1ccccc1. The van der Waals surface area contributed by atoms with Crippen LogP contribution in [0.15, 0.2) is 30.3 Å². The summed E-state index contributed by atoms with van der Waals surface area (Å²) >= 11 is 0. The Morgan fingerprint density at radius 2 is 1.91 bits per heavy atom. The van der Waals surface area contributed by atoms with Crippen molar-refractivity contribution < 1.29 is 9.90 Å². The summed E-state index contributed by atoms with van der Waals surface area (Å²) in [6.07, 6.45) is 0. The van der Waals surface area contributed by atoms with Gasteiger partial charge in [0.15, 0.2) is 0 Å². The average Bonchev–Trinajstić information content (AvgIpc) is 2.05. The van der Waals surface area contributed by atoms with E-state index < -0.39 is 12.0 Å². The number of carboxylic acid groups (broad SMARTS) is 1. The first kappa shape index (κ1) is 7.75. The Balaban J connectivity index is 2.85. The predicted molar refractivity (Wildman–Crippen MR) is 41.0 cm³/mol. The summed E-state index contributed by atoms with van der Waals surface area (Å²) in [6.45, 7) is 0. The highest BCUT2D eigenvalue weighted by atomic mass is 16.4. The number of rotatable bonds is 2. The van der Waals surface area contributed by atoms with Crippen LogP contribution >= 0.6 is 0 Å². The summed E-state index contributed by atoms with van der Waals surface area (Å²) in [4.78, 5) is 10.4. The molecule has 1 atom stereocenters. The standard InChI is InChI=1S/C8H9NO2/c9-7(8(10)11)6-4-2-1-3-5-6/h1-5,7H,9H2,(H,10,11)/t7-/m1/s1/i9+1. The quantitative estimate of drug-likeness (QED) is 0.615. The van der Waals surface area contributed by atoms with E-state index in [1.807, 2.05) is 6.07 Å². The van der Waals surface area contributed by atoms with Crippen molar-refractivity contribution in [2.45, 2.75) is 6.04 Å². The lowest BCUT2D eigenvalue weighted by atomic mass is 10.1. The predicted octanol–water partition coefficient (Wildman–Crippen LogP) is 0.771. The van der Waals surface area contributed by atoms with Crippen LogP contribution in [0.2, 0.25) is 0 Å². The molecule has 0 unspecified atom stereocenters. The van der Waals surface area contributed by atoms with E-state index in [0.29, 0.717) is 5.56 Å². The molecule has 0 aliphatic heterocycles. The molecular weight excluding hydrogens is 143 g/mol. The van der Waals surface area contributed by atoms with Crippen LogP contribution in [0.3, 0.4) is 0 Å². The van der Waals surface area contributed by atoms with E-state index in [-0.39, 0.29) is 0 Å². The third-order valence-corrected chi connectivity index (χ3v) is 1.42. The van der Waals surface area contributed by atoms with E-state index in [1.54, 1.807) is 24.3 Å². The molecule has 0 heterocycles. The molecule has 0 radical (unpaired) electrons. The van der Waals surface area contributed by atoms with Crippen LogP contribution in [0.4, 0.5) is 0 Å². The van der Waals surface area contributed by atoms with Gasteiger partial charge >= 0.3 is 5.97 Å². The molecule has 3 N–H and O–H groups in total. The Morgan fingerprint density at radius 1 is 1.36 bits per heavy atom. The van der Waals surface area contributed by atoms with Gasteiger partial charge in [0.2, 0.25) is 0 Å². The summed E-state index contributed by atoms with van der Waals surface area (Å²) in [5.41, 5.74) is 5.96. The normalized spacial score (nSPS) is 12.5. The molecule has 0 aliphatic rings. The molecule has 3 nitrogen and oxygen atoms in total. The summed E-state index contributed by atoms with van der Waals surface area (Å²) in [6, 6.07) is 7.82. The summed E-state index contributed by atoms with van der Waals surface area (Å²) in [5.74, 6) is -1.00. The topological polar surface area (TPSA) is 63.3 Å². The summed E-state index contributed by atoms with van der Waals surface area (Å²) in [7, 11) is 0. The Morgan fingerprint density at radius 3 is 2.36 bits per heavy atom. The van der Waals surface area contributed by atoms with Gasteiger partial charge in [-0.05, 0) is 5.56 Å². The van der Waals surface area contributed by atoms with Gasteiger partial charge in [-0.25, -0.2) is 0 Å². The van der Waals surface area contributed by atoms with Gasteiger partial charge < -0.3 is 10.8 Å². The minimum atomic E-state index is -1.00. The van der Waals surface area contributed by atoms with Crippen LogP contribution in [-0.2, 0) is 4.79 Å². The van der Waals surface area contributed by atoms with Gasteiger partial charge in [0.1, 0.15) is 6.04 Å². The van der Waals surface area contributed by atoms with Crippen LogP contribution in [0.1, 0.15) is 11.6 Å². The van der Waals surface area contributed by atoms with Crippen molar-refractivity contribution >= 4 is 5.97 Å². The molecular formula is C8H9NO2. The Labute approximate surface area is 64.5 Å². The van der Waals surface area contributed by atoms with Crippen LogP contribution in [-0.4, -0.2) is 11.1 Å². The van der Waals surface area contributed by atoms with Crippen LogP contribution < -0.4 is 5.73 Å². The van der Waals surface area contributed by atoms with Crippen molar-refractivity contribution in [3.05, 3.63) is 35.9 Å². The minimum Gasteiger partial charge on any atom is -0.480 e. The average molecular weight is 152 g/mol. The van der Waals surface area contributed by atoms with Gasteiger partial charge in [-0.15, -0.1) is 0 Å². The highest BCUT2D eigenvalue weighted by Crippen LogP contribution is 2.08. The highest BCUT2D eigenvalue weighted by Gasteiger charge is 2.12. The second-order valence-electron chi connectivity index (χ2n) is 2.23. The zero-order valence-corrected chi connectivity index (χ0v) is 5.90. The molecule has 0 saturated heterocycles. The second-order valence-corrected chi connectivity index (χ2v) is 2.23. The molecule has 3 heteroatoms. The number of hydrogen-bond donors (Lipinski definition) is 2. The molecule has 1 aromatic carbocycles. The zero-order chi connectivity index (χ0) is 8.27. The minimum absolute atomic E-state index is 0.625. The van der Waals surface area contributed by atoms with Gasteiger partial charge in [-0.1, -0.05) is 30.3 Å². The smallest absolute Gasteiger partial charge is 0.325 e. The van der Waals surface area contributed by atoms with Crippen molar-refractivity contribution in [1.29, 1.82) is 0 Å². The Bertz CT molecular complexity index is 246. The largest absolute Gasteiger partial charge is 0.480 e. The lowest BCUT2D eigenvalue weighted by molar-refractivity contribution is -0.138. The number of carboxylic acids is 1. The van der Waals surface area contributed by atoms with E-state index >= 15 is 0 Å². The van der Waals surface area contributed by atoms with Crippen molar-refractivity contribution in [2.24, 2.45) is 5.73 Å². The molecule has 0 spiro atoms. The molecule has 0 aromatic heterocycles. The molecule has 58 valence electrons. The molecule has 1 rings (SSSR count). The third-order valence-electron chi connectivity index (χ3n) is 1.42. The third kappa shape index (κ3) is 1.78. The zero-order valence-electron chi connectivity index (χ0n) is 5.90. The first-order chi connectivity index (χ1) is 5.22. The summed E-state index contributed by atoms with van der Waals surface area (Å²) in [5, 5.41) is 8.51. The van der Waals surface area contributed by atoms with E-state index in [2.05, 4.69) is 0 Å². The second kappa shape index (κ2) is 3.16. The fourth-order valence-corrected chi connectivity index (χ4v) is 0.803. The van der Waals surface area contributed by atoms with E-state index in [4.69, 9.17) is 10.8 Å². The maximum Gasteiger partial charge on any atom is 0.325 e. The fraction of sp³-hybridized carbons (Fsp3) is 0.125. The van der Waals surface area contributed by atoms with Crippen LogP contribution in [0.5, 0.6) is 0 Å². The highest BCUT2D eigenvalue weighted by molar-refractivity contribution is 5.75. The molecule has 0 aliphatic carbocycles. The van der Waals surface area contributed by atoms with Crippen molar-refractivity contribution in [1.82, 2.24) is 0 Å². The first-order valence-electron chi connectivity index (χ1n) is 3.25. The molecule has 0 amide bonds. The van der Waals surface area contributed by atoms with E-state index in [0.717, 1.165) is 0 Å². The maximum absolute atomic E-state index is 10.4. The molecule has 0 saturated carbocycles. The van der Waals surface area contributed by atoms with E-state index in [1.165, 1.54) is 0 Å². The number of aliphatic carboxylic acids is 1. The van der Waals surface area contributed by atoms with Gasteiger partial charge in [0.05, 0.1) is 0 Å². The molecule has 11 heavy (non-hydrogen) atoms. The first-order valence-corrected chi connectivity index (χ1v) is 3.25. The fourth-order valence-electron chi connectivity index (χ4n) is 0.803. The summed E-state index contributed by atoms with van der Waals surface area (Å²) < 4.78 is 0. The Kier molecular flexibility index (Phi) is 2.23. The van der Waals surface area contributed by atoms with Crippen LogP contribution in [0, 0.1) is 0 Å². The Hall–Kier alpha value is -1.35. The van der Waals surface area contributed by atoms with Gasteiger partial charge in [0.25, 0.3) is 0 Å². The monoisotopic (exact) mass is 152 g/mol. The number of hydrogen-bond acceptors (Lipinski definition) is 2. The van der Waals surface area contributed by atoms with Crippen LogP contribution in [0.25, 0.3) is 0 Å². The molecule has 0 fully saturated rings. The molecule has 1 aromatic rings. The van der Waals surface area contributed by atoms with E-state index in [9.17, 15) is 4.79 Å². The number of nitrogens with two attached hydrogens (primary N) is 1. The lowest BCUT2D eigenvalue weighted by Crippen LogP contribution is -2.20.